The molecule has 2 aromatic carbocycles. The molecule has 0 saturated carbocycles. The molecule has 2 N–H and O–H groups in total. The van der Waals surface area contributed by atoms with Crippen LogP contribution in [0.25, 0.3) is 5.69 Å². The number of pyridine rings is 1. The lowest BCUT2D eigenvalue weighted by Crippen LogP contribution is -2.30. The Morgan fingerprint density at radius 1 is 1.11 bits per heavy atom. The van der Waals surface area contributed by atoms with Gasteiger partial charge in [-0.25, -0.2) is 12.8 Å². The fourth-order valence-corrected chi connectivity index (χ4v) is 5.64. The number of rotatable bonds is 7. The Kier molecular flexibility index (Phi) is 6.99. The number of benzene rings is 2. The maximum Gasteiger partial charge on any atom is 0.229 e. The van der Waals surface area contributed by atoms with Crippen molar-refractivity contribution in [1.29, 1.82) is 0 Å². The largest absolute Gasteiger partial charge is 0.494 e. The number of methoxy groups -OCH3 is 1. The molecule has 2 atom stereocenters. The quantitative estimate of drug-likeness (QED) is 0.294. The van der Waals surface area contributed by atoms with Crippen molar-refractivity contribution in [2.24, 2.45) is 0 Å². The third-order valence-corrected chi connectivity index (χ3v) is 7.32. The Morgan fingerprint density at radius 3 is 2.58 bits per heavy atom. The number of nitrogens with one attached hydrogen (secondary N) is 2. The average molecular weight is 572 g/mol. The van der Waals surface area contributed by atoms with Crippen LogP contribution in [-0.2, 0) is 10.0 Å². The van der Waals surface area contributed by atoms with Gasteiger partial charge in [0.05, 0.1) is 35.8 Å². The smallest absolute Gasteiger partial charge is 0.229 e. The standard InChI is InChI=1S/C26H23ClFN5O3S2/c1-36-23-15-17(9-11-20(23)31-38(2,34)35)33-25(24(30-26(33)37)21-6-3-4-12-29-21)22-7-5-13-32(22)16-8-10-19(28)18(27)14-16/h3-15,24-25,31H,1-2H3,(H,30,37)/t24-,25-/m0/s1. The summed E-state index contributed by atoms with van der Waals surface area (Å²) in [5.41, 5.74) is 3.27. The summed E-state index contributed by atoms with van der Waals surface area (Å²) in [5, 5.41) is 3.85. The van der Waals surface area contributed by atoms with E-state index in [4.69, 9.17) is 28.6 Å². The zero-order valence-corrected chi connectivity index (χ0v) is 22.7. The minimum absolute atomic E-state index is 0.0130. The second kappa shape index (κ2) is 10.2. The Morgan fingerprint density at radius 2 is 1.89 bits per heavy atom. The average Bonchev–Trinajstić information content (AvgIpc) is 3.50. The van der Waals surface area contributed by atoms with Crippen molar-refractivity contribution in [3.63, 3.8) is 0 Å². The zero-order chi connectivity index (χ0) is 27.0. The van der Waals surface area contributed by atoms with Crippen LogP contribution in [0.1, 0.15) is 23.5 Å². The fraction of sp³-hybridized carbons (Fsp3) is 0.154. The molecule has 1 aliphatic rings. The predicted octanol–water partition coefficient (Wildman–Crippen LogP) is 5.22. The number of aromatic nitrogens is 2. The van der Waals surface area contributed by atoms with Crippen LogP contribution in [-0.4, -0.2) is 36.4 Å². The highest BCUT2D eigenvalue weighted by molar-refractivity contribution is 7.92. The summed E-state index contributed by atoms with van der Waals surface area (Å²) in [5.74, 6) is -0.174. The molecule has 1 fully saturated rings. The zero-order valence-electron chi connectivity index (χ0n) is 20.3. The Labute approximate surface area is 230 Å². The summed E-state index contributed by atoms with van der Waals surface area (Å²) in [7, 11) is -2.05. The first kappa shape index (κ1) is 26.0. The van der Waals surface area contributed by atoms with Gasteiger partial charge in [0.25, 0.3) is 0 Å². The van der Waals surface area contributed by atoms with Gasteiger partial charge in [0, 0.05) is 35.5 Å². The van der Waals surface area contributed by atoms with Gasteiger partial charge in [-0.05, 0) is 66.8 Å². The highest BCUT2D eigenvalue weighted by Crippen LogP contribution is 2.44. The lowest BCUT2D eigenvalue weighted by Gasteiger charge is -2.29. The van der Waals surface area contributed by atoms with Gasteiger partial charge in [0.15, 0.2) is 5.11 Å². The summed E-state index contributed by atoms with van der Waals surface area (Å²) in [6.45, 7) is 0. The van der Waals surface area contributed by atoms with E-state index in [9.17, 15) is 12.8 Å². The molecule has 0 unspecified atom stereocenters. The van der Waals surface area contributed by atoms with Crippen molar-refractivity contribution in [3.8, 4) is 11.4 Å². The molecule has 2 aromatic heterocycles. The van der Waals surface area contributed by atoms with Crippen LogP contribution in [0.2, 0.25) is 5.02 Å². The van der Waals surface area contributed by atoms with Crippen molar-refractivity contribution < 1.29 is 17.5 Å². The number of thiocarbonyl (C=S) groups is 1. The molecule has 0 aliphatic carbocycles. The van der Waals surface area contributed by atoms with E-state index >= 15 is 0 Å². The van der Waals surface area contributed by atoms with Gasteiger partial charge in [-0.2, -0.15) is 0 Å². The number of nitrogens with zero attached hydrogens (tertiary/aromatic N) is 3. The molecule has 5 rings (SSSR count). The highest BCUT2D eigenvalue weighted by Gasteiger charge is 2.42. The van der Waals surface area contributed by atoms with Gasteiger partial charge in [-0.15, -0.1) is 0 Å². The monoisotopic (exact) mass is 571 g/mol. The van der Waals surface area contributed by atoms with Gasteiger partial charge >= 0.3 is 0 Å². The maximum absolute atomic E-state index is 13.9. The molecule has 1 saturated heterocycles. The second-order valence-electron chi connectivity index (χ2n) is 8.66. The number of halogens is 2. The SMILES string of the molecule is COc1cc(N2C(=S)N[C@@H](c3ccccn3)[C@@H]2c2cccn2-c2ccc(F)c(Cl)c2)ccc1NS(C)(=O)=O. The summed E-state index contributed by atoms with van der Waals surface area (Å²) in [4.78, 5) is 6.50. The van der Waals surface area contributed by atoms with Crippen LogP contribution in [0.3, 0.4) is 0 Å². The van der Waals surface area contributed by atoms with Gasteiger partial charge in [-0.3, -0.25) is 9.71 Å². The first-order chi connectivity index (χ1) is 18.2. The maximum atomic E-state index is 13.9. The van der Waals surface area contributed by atoms with Crippen molar-refractivity contribution in [2.75, 3.05) is 23.0 Å². The summed E-state index contributed by atoms with van der Waals surface area (Å²) >= 11 is 11.9. The number of ether oxygens (including phenoxy) is 1. The first-order valence-corrected chi connectivity index (χ1v) is 14.1. The molecular weight excluding hydrogens is 549 g/mol. The molecule has 1 aliphatic heterocycles. The second-order valence-corrected chi connectivity index (χ2v) is 11.2. The van der Waals surface area contributed by atoms with E-state index in [0.29, 0.717) is 27.9 Å². The highest BCUT2D eigenvalue weighted by atomic mass is 35.5. The first-order valence-electron chi connectivity index (χ1n) is 11.5. The normalized spacial score (nSPS) is 17.4. The topological polar surface area (TPSA) is 88.5 Å². The van der Waals surface area contributed by atoms with E-state index in [1.807, 2.05) is 46.0 Å². The van der Waals surface area contributed by atoms with Gasteiger partial charge in [-0.1, -0.05) is 17.7 Å². The molecule has 196 valence electrons. The van der Waals surface area contributed by atoms with Crippen LogP contribution in [0.5, 0.6) is 5.75 Å². The predicted molar refractivity (Wildman–Crippen MR) is 150 cm³/mol. The summed E-state index contributed by atoms with van der Waals surface area (Å²) in [6, 6.07) is 18.4. The van der Waals surface area contributed by atoms with E-state index in [1.165, 1.54) is 13.2 Å². The van der Waals surface area contributed by atoms with E-state index < -0.39 is 21.9 Å². The molecule has 3 heterocycles. The lowest BCUT2D eigenvalue weighted by molar-refractivity contribution is 0.417. The van der Waals surface area contributed by atoms with Crippen LogP contribution in [0.15, 0.2) is 79.1 Å². The van der Waals surface area contributed by atoms with Crippen LogP contribution in [0, 0.1) is 5.82 Å². The molecular formula is C26H23ClFN5O3S2. The van der Waals surface area contributed by atoms with Crippen molar-refractivity contribution in [3.05, 3.63) is 101 Å². The molecule has 0 bridgehead atoms. The number of hydrogen-bond acceptors (Lipinski definition) is 5. The number of sulfonamides is 1. The molecule has 0 spiro atoms. The Bertz CT molecular complexity index is 1610. The Balaban J connectivity index is 1.65. The van der Waals surface area contributed by atoms with Crippen LogP contribution < -0.4 is 19.7 Å². The third-order valence-electron chi connectivity index (χ3n) is 6.12. The molecule has 0 radical (unpaired) electrons. The van der Waals surface area contributed by atoms with Gasteiger partial charge in [0.1, 0.15) is 17.6 Å². The third kappa shape index (κ3) is 5.04. The number of anilines is 2. The lowest BCUT2D eigenvalue weighted by atomic mass is 10.0. The fourth-order valence-electron chi connectivity index (χ4n) is 4.55. The van der Waals surface area contributed by atoms with Crippen molar-refractivity contribution in [2.45, 2.75) is 12.1 Å². The molecule has 8 nitrogen and oxygen atoms in total. The van der Waals surface area contributed by atoms with Crippen LogP contribution >= 0.6 is 23.8 Å². The number of hydrogen-bond donors (Lipinski definition) is 2. The molecule has 0 amide bonds. The van der Waals surface area contributed by atoms with Crippen LogP contribution in [0.4, 0.5) is 15.8 Å². The summed E-state index contributed by atoms with van der Waals surface area (Å²) < 4.78 is 47.5. The van der Waals surface area contributed by atoms with Crippen molar-refractivity contribution in [1.82, 2.24) is 14.9 Å². The molecule has 4 aromatic rings. The summed E-state index contributed by atoms with van der Waals surface area (Å²) in [6.07, 6.45) is 4.66. The minimum atomic E-state index is -3.52. The van der Waals surface area contributed by atoms with Crippen molar-refractivity contribution >= 4 is 50.3 Å². The molecule has 12 heteroatoms. The Hall–Kier alpha value is -3.67. The minimum Gasteiger partial charge on any atom is -0.494 e. The van der Waals surface area contributed by atoms with E-state index in [-0.39, 0.29) is 11.1 Å². The molecule has 38 heavy (non-hydrogen) atoms. The van der Waals surface area contributed by atoms with E-state index in [2.05, 4.69) is 15.0 Å². The van der Waals surface area contributed by atoms with E-state index in [1.54, 1.807) is 36.5 Å². The van der Waals surface area contributed by atoms with Gasteiger partial charge < -0.3 is 19.5 Å². The van der Waals surface area contributed by atoms with E-state index in [0.717, 1.165) is 17.6 Å². The van der Waals surface area contributed by atoms with Gasteiger partial charge in [0.2, 0.25) is 10.0 Å².